The van der Waals surface area contributed by atoms with Crippen molar-refractivity contribution in [2.24, 2.45) is 0 Å². The van der Waals surface area contributed by atoms with Crippen molar-refractivity contribution in [3.05, 3.63) is 34.7 Å². The molecule has 0 atom stereocenters. The van der Waals surface area contributed by atoms with Gasteiger partial charge < -0.3 is 0 Å². The first-order valence-corrected chi connectivity index (χ1v) is 4.07. The number of aromatic nitrogens is 1. The van der Waals surface area contributed by atoms with E-state index in [9.17, 15) is 13.2 Å². The molecule has 6 heteroatoms. The molecule has 0 radical (unpaired) electrons. The van der Waals surface area contributed by atoms with Gasteiger partial charge in [-0.2, -0.15) is 12.4 Å². The lowest BCUT2D eigenvalue weighted by atomic mass is 10.5. The normalized spacial score (nSPS) is 11.4. The summed E-state index contributed by atoms with van der Waals surface area (Å²) >= 11 is 0. The first-order valence-electron chi connectivity index (χ1n) is 2.67. The van der Waals surface area contributed by atoms with Gasteiger partial charge in [-0.1, -0.05) is 6.07 Å². The van der Waals surface area contributed by atoms with Crippen molar-refractivity contribution in [1.29, 1.82) is 0 Å². The second kappa shape index (κ2) is 2.48. The Labute approximate surface area is 62.8 Å². The molecule has 0 aliphatic rings. The third kappa shape index (κ3) is 1.66. The van der Waals surface area contributed by atoms with Gasteiger partial charge in [-0.3, -0.25) is 9.35 Å². The van der Waals surface area contributed by atoms with Crippen LogP contribution in [0.2, 0.25) is 0 Å². The van der Waals surface area contributed by atoms with E-state index < -0.39 is 15.9 Å². The number of hydrogen-bond acceptors (Lipinski definition) is 3. The molecular formula is C5H5NO4S. The van der Waals surface area contributed by atoms with Gasteiger partial charge in [-0.25, -0.2) is 0 Å². The Hall–Kier alpha value is -1.14. The van der Waals surface area contributed by atoms with E-state index in [2.05, 4.69) is 0 Å². The topological polar surface area (TPSA) is 76.4 Å². The molecule has 5 nitrogen and oxygen atoms in total. The number of rotatable bonds is 1. The van der Waals surface area contributed by atoms with Crippen LogP contribution in [0.1, 0.15) is 0 Å². The van der Waals surface area contributed by atoms with Gasteiger partial charge in [0.2, 0.25) is 0 Å². The molecule has 1 rings (SSSR count). The molecule has 0 aliphatic heterocycles. The Balaban J connectivity index is 3.50. The Morgan fingerprint density at radius 2 is 2.00 bits per heavy atom. The zero-order chi connectivity index (χ0) is 8.48. The summed E-state index contributed by atoms with van der Waals surface area (Å²) in [6.45, 7) is 0. The van der Waals surface area contributed by atoms with Crippen LogP contribution in [0.15, 0.2) is 29.2 Å². The van der Waals surface area contributed by atoms with Crippen LogP contribution in [-0.2, 0) is 10.3 Å². The van der Waals surface area contributed by atoms with Gasteiger partial charge in [0, 0.05) is 12.3 Å². The Morgan fingerprint density at radius 1 is 1.36 bits per heavy atom. The van der Waals surface area contributed by atoms with Gasteiger partial charge in [0.25, 0.3) is 5.56 Å². The second-order valence-electron chi connectivity index (χ2n) is 1.81. The molecule has 1 N–H and O–H groups in total. The van der Waals surface area contributed by atoms with Crippen LogP contribution in [0.5, 0.6) is 0 Å². The van der Waals surface area contributed by atoms with Crippen LogP contribution in [0, 0.1) is 0 Å². The van der Waals surface area contributed by atoms with Crippen LogP contribution in [0.3, 0.4) is 0 Å². The number of nitrogens with zero attached hydrogens (tertiary/aromatic N) is 1. The average Bonchev–Trinajstić information content (AvgIpc) is 1.86. The lowest BCUT2D eigenvalue weighted by molar-refractivity contribution is 0.470. The highest BCUT2D eigenvalue weighted by Crippen LogP contribution is 1.86. The lowest BCUT2D eigenvalue weighted by Crippen LogP contribution is -2.24. The van der Waals surface area contributed by atoms with Crippen molar-refractivity contribution < 1.29 is 13.0 Å². The zero-order valence-electron chi connectivity index (χ0n) is 5.34. The summed E-state index contributed by atoms with van der Waals surface area (Å²) in [5.41, 5.74) is -0.782. The largest absolute Gasteiger partial charge is 0.366 e. The highest BCUT2D eigenvalue weighted by Gasteiger charge is 2.06. The van der Waals surface area contributed by atoms with Crippen LogP contribution in [0.4, 0.5) is 0 Å². The maximum Gasteiger partial charge on any atom is 0.366 e. The van der Waals surface area contributed by atoms with Gasteiger partial charge in [0.15, 0.2) is 0 Å². The molecule has 60 valence electrons. The fraction of sp³-hybridized carbons (Fsp3) is 0. The molecule has 0 saturated heterocycles. The van der Waals surface area contributed by atoms with Crippen LogP contribution >= 0.6 is 0 Å². The van der Waals surface area contributed by atoms with Crippen molar-refractivity contribution in [3.63, 3.8) is 0 Å². The maximum absolute atomic E-state index is 10.7. The van der Waals surface area contributed by atoms with E-state index in [0.29, 0.717) is 0 Å². The van der Waals surface area contributed by atoms with Crippen molar-refractivity contribution in [2.75, 3.05) is 0 Å². The molecular weight excluding hydrogens is 170 g/mol. The van der Waals surface area contributed by atoms with Gasteiger partial charge in [-0.05, 0) is 6.07 Å². The van der Waals surface area contributed by atoms with E-state index in [1.165, 1.54) is 12.1 Å². The fourth-order valence-corrected chi connectivity index (χ4v) is 1.12. The predicted molar refractivity (Wildman–Crippen MR) is 37.6 cm³/mol. The lowest BCUT2D eigenvalue weighted by Gasteiger charge is -1.96. The molecule has 1 aromatic heterocycles. The van der Waals surface area contributed by atoms with E-state index in [-0.39, 0.29) is 3.97 Å². The summed E-state index contributed by atoms with van der Waals surface area (Å²) in [5, 5.41) is 0. The monoisotopic (exact) mass is 175 g/mol. The minimum absolute atomic E-state index is 0.243. The Morgan fingerprint density at radius 3 is 2.36 bits per heavy atom. The molecule has 0 aliphatic carbocycles. The van der Waals surface area contributed by atoms with Crippen molar-refractivity contribution in [1.82, 2.24) is 3.97 Å². The predicted octanol–water partition coefficient (Wildman–Crippen LogP) is -0.501. The molecule has 1 aromatic rings. The average molecular weight is 175 g/mol. The molecule has 0 bridgehead atoms. The van der Waals surface area contributed by atoms with Crippen molar-refractivity contribution in [2.45, 2.75) is 0 Å². The zero-order valence-corrected chi connectivity index (χ0v) is 6.15. The van der Waals surface area contributed by atoms with E-state index in [4.69, 9.17) is 4.55 Å². The smallest absolute Gasteiger partial charge is 0.269 e. The van der Waals surface area contributed by atoms with Gasteiger partial charge in [-0.15, -0.1) is 0 Å². The highest BCUT2D eigenvalue weighted by atomic mass is 32.2. The molecule has 11 heavy (non-hydrogen) atoms. The molecule has 0 amide bonds. The van der Waals surface area contributed by atoms with E-state index >= 15 is 0 Å². The second-order valence-corrected chi connectivity index (χ2v) is 3.10. The molecule has 0 fully saturated rings. The summed E-state index contributed by atoms with van der Waals surface area (Å²) in [6, 6.07) is 3.74. The summed E-state index contributed by atoms with van der Waals surface area (Å²) in [4.78, 5) is 10.7. The van der Waals surface area contributed by atoms with Gasteiger partial charge in [0.1, 0.15) is 0 Å². The summed E-state index contributed by atoms with van der Waals surface area (Å²) in [6.07, 6.45) is 0.970. The molecule has 0 aromatic carbocycles. The Bertz CT molecular complexity index is 404. The fourth-order valence-electron chi connectivity index (χ4n) is 0.603. The minimum atomic E-state index is -4.43. The molecule has 0 unspecified atom stereocenters. The number of hydrogen-bond donors (Lipinski definition) is 1. The maximum atomic E-state index is 10.7. The standard InChI is InChI=1S/C5H5NO4S/c7-5-3-1-2-4-6(5)11(8,9)10/h1-4H,(H,8,9,10). The highest BCUT2D eigenvalue weighted by molar-refractivity contribution is 7.84. The molecule has 0 saturated carbocycles. The van der Waals surface area contributed by atoms with Crippen molar-refractivity contribution >= 4 is 10.3 Å². The van der Waals surface area contributed by atoms with Crippen LogP contribution in [-0.4, -0.2) is 16.9 Å². The SMILES string of the molecule is O=c1ccccn1S(=O)(=O)O. The van der Waals surface area contributed by atoms with Gasteiger partial charge in [0.05, 0.1) is 0 Å². The third-order valence-electron chi connectivity index (χ3n) is 1.04. The molecule has 1 heterocycles. The number of pyridine rings is 1. The summed E-state index contributed by atoms with van der Waals surface area (Å²) < 4.78 is 29.4. The van der Waals surface area contributed by atoms with Gasteiger partial charge >= 0.3 is 10.3 Å². The van der Waals surface area contributed by atoms with Crippen LogP contribution < -0.4 is 5.56 Å². The molecule has 0 spiro atoms. The first-order chi connectivity index (χ1) is 5.02. The van der Waals surface area contributed by atoms with E-state index in [0.717, 1.165) is 12.3 Å². The third-order valence-corrected chi connectivity index (χ3v) is 1.84. The van der Waals surface area contributed by atoms with E-state index in [1.54, 1.807) is 0 Å². The summed E-state index contributed by atoms with van der Waals surface area (Å²) in [5.74, 6) is 0. The Kier molecular flexibility index (Phi) is 1.79. The summed E-state index contributed by atoms with van der Waals surface area (Å²) in [7, 11) is -4.43. The quantitative estimate of drug-likeness (QED) is 0.584. The van der Waals surface area contributed by atoms with E-state index in [1.807, 2.05) is 0 Å². The van der Waals surface area contributed by atoms with Crippen molar-refractivity contribution in [3.8, 4) is 0 Å². The minimum Gasteiger partial charge on any atom is -0.269 e. The van der Waals surface area contributed by atoms with Crippen LogP contribution in [0.25, 0.3) is 0 Å². The first kappa shape index (κ1) is 7.96.